The molecule has 6 nitrogen and oxygen atoms in total. The van der Waals surface area contributed by atoms with E-state index < -0.39 is 0 Å². The maximum atomic E-state index is 11.9. The Morgan fingerprint density at radius 1 is 0.837 bits per heavy atom. The van der Waals surface area contributed by atoms with Crippen molar-refractivity contribution in [1.82, 2.24) is 10.2 Å². The van der Waals surface area contributed by atoms with E-state index in [2.05, 4.69) is 85.3 Å². The van der Waals surface area contributed by atoms with Gasteiger partial charge in [-0.25, -0.2) is 0 Å². The monoisotopic (exact) mass is 589 g/mol. The van der Waals surface area contributed by atoms with Gasteiger partial charge < -0.3 is 15.0 Å². The minimum atomic E-state index is -0.359. The number of carbonyl (C=O) groups is 2. The molecule has 0 radical (unpaired) electrons. The van der Waals surface area contributed by atoms with E-state index in [-0.39, 0.29) is 34.7 Å². The first kappa shape index (κ1) is 33.0. The maximum absolute atomic E-state index is 11.9. The summed E-state index contributed by atoms with van der Waals surface area (Å²) in [7, 11) is 0. The number of benzene rings is 2. The lowest BCUT2D eigenvalue weighted by Gasteiger charge is -2.42. The number of nitrogens with zero attached hydrogens (tertiary/aromatic N) is 2. The zero-order valence-corrected chi connectivity index (χ0v) is 27.9. The molecule has 2 aromatic rings. The van der Waals surface area contributed by atoms with Gasteiger partial charge in [0.05, 0.1) is 6.61 Å². The van der Waals surface area contributed by atoms with Gasteiger partial charge in [0.25, 0.3) is 0 Å². The zero-order valence-electron chi connectivity index (χ0n) is 27.9. The average molecular weight is 590 g/mol. The molecule has 0 spiro atoms. The van der Waals surface area contributed by atoms with E-state index in [4.69, 9.17) is 4.74 Å². The molecule has 1 N–H and O–H groups in total. The molecule has 1 heterocycles. The Hall–Kier alpha value is -2.86. The molecule has 43 heavy (non-hydrogen) atoms. The highest BCUT2D eigenvalue weighted by Gasteiger charge is 2.37. The molecule has 1 amide bonds. The van der Waals surface area contributed by atoms with Gasteiger partial charge in [0, 0.05) is 38.3 Å². The van der Waals surface area contributed by atoms with Crippen LogP contribution in [0.15, 0.2) is 42.5 Å². The summed E-state index contributed by atoms with van der Waals surface area (Å²) in [5.41, 5.74) is 7.32. The molecule has 2 aromatic carbocycles. The minimum Gasteiger partial charge on any atom is -0.464 e. The van der Waals surface area contributed by atoms with E-state index in [1.54, 1.807) is 0 Å². The molecule has 236 valence electrons. The van der Waals surface area contributed by atoms with Crippen LogP contribution in [0.5, 0.6) is 0 Å². The number of carbonyl (C=O) groups excluding carboxylic acids is 2. The van der Waals surface area contributed by atoms with Gasteiger partial charge >= 0.3 is 5.97 Å². The molecule has 1 aliphatic carbocycles. The molecular formula is C37H55N3O3. The Balaban J connectivity index is 1.18. The smallest absolute Gasteiger partial charge is 0.325 e. The van der Waals surface area contributed by atoms with Crippen molar-refractivity contribution in [2.45, 2.75) is 97.8 Å². The average Bonchev–Trinajstić information content (AvgIpc) is 2.95. The first-order chi connectivity index (χ1) is 20.2. The van der Waals surface area contributed by atoms with Crippen LogP contribution in [0.25, 0.3) is 11.1 Å². The number of piperazine rings is 1. The molecule has 1 saturated heterocycles. The second kappa shape index (κ2) is 13.8. The number of esters is 1. The Morgan fingerprint density at radius 3 is 2.21 bits per heavy atom. The van der Waals surface area contributed by atoms with Crippen molar-refractivity contribution in [1.29, 1.82) is 0 Å². The Kier molecular flexibility index (Phi) is 10.6. The van der Waals surface area contributed by atoms with Crippen molar-refractivity contribution >= 4 is 17.6 Å². The molecular weight excluding hydrogens is 534 g/mol. The second-order valence-corrected chi connectivity index (χ2v) is 15.2. The van der Waals surface area contributed by atoms with Gasteiger partial charge in [-0.15, -0.1) is 0 Å². The number of ether oxygens (including phenoxy) is 1. The van der Waals surface area contributed by atoms with Crippen molar-refractivity contribution in [3.63, 3.8) is 0 Å². The lowest BCUT2D eigenvalue weighted by Crippen LogP contribution is -2.46. The van der Waals surface area contributed by atoms with Crippen LogP contribution in [0.4, 0.5) is 5.69 Å². The van der Waals surface area contributed by atoms with Crippen molar-refractivity contribution in [2.75, 3.05) is 50.8 Å². The number of fused-ring (bicyclic) bond motifs is 1. The van der Waals surface area contributed by atoms with Gasteiger partial charge in [-0.1, -0.05) is 78.8 Å². The van der Waals surface area contributed by atoms with Crippen LogP contribution in [0.1, 0.15) is 98.1 Å². The Bertz CT molecular complexity index is 1250. The van der Waals surface area contributed by atoms with Crippen molar-refractivity contribution < 1.29 is 14.3 Å². The highest BCUT2D eigenvalue weighted by Crippen LogP contribution is 2.46. The van der Waals surface area contributed by atoms with Gasteiger partial charge in [0.2, 0.25) is 5.91 Å². The lowest BCUT2D eigenvalue weighted by atomic mass is 9.63. The van der Waals surface area contributed by atoms with Crippen molar-refractivity contribution in [2.24, 2.45) is 5.41 Å². The summed E-state index contributed by atoms with van der Waals surface area (Å²) in [5.74, 6) is -0.471. The third kappa shape index (κ3) is 9.31. The Labute approximate surface area is 260 Å². The molecule has 0 unspecified atom stereocenters. The second-order valence-electron chi connectivity index (χ2n) is 15.2. The summed E-state index contributed by atoms with van der Waals surface area (Å²) in [4.78, 5) is 28.8. The van der Waals surface area contributed by atoms with Crippen LogP contribution in [0.3, 0.4) is 0 Å². The van der Waals surface area contributed by atoms with Crippen molar-refractivity contribution in [3.05, 3.63) is 53.6 Å². The first-order valence-electron chi connectivity index (χ1n) is 16.4. The fraction of sp³-hybridized carbons (Fsp3) is 0.622. The summed E-state index contributed by atoms with van der Waals surface area (Å²) >= 11 is 0. The normalized spacial score (nSPS) is 18.2. The number of unbranched alkanes of at least 4 members (excludes halogenated alkanes) is 2. The summed E-state index contributed by atoms with van der Waals surface area (Å²) in [6, 6.07) is 16.3. The SMILES string of the molecule is CC(C)(C)CC(=O)NCC(=O)OCCCCCN1CCN(c2cccc(-c3ccc4c(c3)C(C)(C)CCC4(C)C)c2)CC1. The van der Waals surface area contributed by atoms with Gasteiger partial charge in [0.1, 0.15) is 6.54 Å². The molecule has 0 aromatic heterocycles. The largest absolute Gasteiger partial charge is 0.464 e. The van der Waals surface area contributed by atoms with Crippen molar-refractivity contribution in [3.8, 4) is 11.1 Å². The number of nitrogens with one attached hydrogen (secondary N) is 1. The summed E-state index contributed by atoms with van der Waals surface area (Å²) in [6.07, 6.45) is 5.84. The van der Waals surface area contributed by atoms with Gasteiger partial charge in [0.15, 0.2) is 0 Å². The van der Waals surface area contributed by atoms with Gasteiger partial charge in [-0.2, -0.15) is 0 Å². The van der Waals surface area contributed by atoms with Gasteiger partial charge in [-0.05, 0) is 89.3 Å². The molecule has 1 aliphatic heterocycles. The standard InChI is InChI=1S/C37H55N3O3/c1-35(2,3)26-33(41)38-27-34(42)43-23-10-8-9-18-39-19-21-40(22-20-39)30-13-11-12-28(24-30)29-14-15-31-32(25-29)37(6,7)17-16-36(31,4)5/h11-15,24-25H,8-10,16-23,26-27H2,1-7H3,(H,38,41). The number of anilines is 1. The van der Waals surface area contributed by atoms with E-state index in [0.717, 1.165) is 52.0 Å². The van der Waals surface area contributed by atoms with E-state index in [1.165, 1.54) is 40.8 Å². The summed E-state index contributed by atoms with van der Waals surface area (Å²) in [5, 5.41) is 2.65. The topological polar surface area (TPSA) is 61.9 Å². The Morgan fingerprint density at radius 2 is 1.51 bits per heavy atom. The molecule has 0 bridgehead atoms. The van der Waals surface area contributed by atoms with Gasteiger partial charge in [-0.3, -0.25) is 14.5 Å². The number of hydrogen-bond donors (Lipinski definition) is 1. The van der Waals surface area contributed by atoms with Crippen LogP contribution in [-0.2, 0) is 25.2 Å². The molecule has 6 heteroatoms. The van der Waals surface area contributed by atoms with Crippen LogP contribution in [-0.4, -0.2) is 62.7 Å². The molecule has 2 aliphatic rings. The van der Waals surface area contributed by atoms with E-state index in [1.807, 2.05) is 20.8 Å². The molecule has 0 atom stereocenters. The molecule has 1 fully saturated rings. The van der Waals surface area contributed by atoms with Crippen LogP contribution >= 0.6 is 0 Å². The molecule has 0 saturated carbocycles. The first-order valence-corrected chi connectivity index (χ1v) is 16.4. The van der Waals surface area contributed by atoms with Crippen LogP contribution in [0, 0.1) is 5.41 Å². The predicted molar refractivity (Wildman–Crippen MR) is 178 cm³/mol. The highest BCUT2D eigenvalue weighted by molar-refractivity contribution is 5.82. The third-order valence-corrected chi connectivity index (χ3v) is 9.27. The lowest BCUT2D eigenvalue weighted by molar-refractivity contribution is -0.144. The summed E-state index contributed by atoms with van der Waals surface area (Å²) < 4.78 is 5.29. The predicted octanol–water partition coefficient (Wildman–Crippen LogP) is 7.09. The summed E-state index contributed by atoms with van der Waals surface area (Å²) in [6.45, 7) is 21.2. The maximum Gasteiger partial charge on any atom is 0.325 e. The van der Waals surface area contributed by atoms with Crippen LogP contribution < -0.4 is 10.2 Å². The minimum absolute atomic E-state index is 0.0497. The van der Waals surface area contributed by atoms with Crippen LogP contribution in [0.2, 0.25) is 0 Å². The zero-order chi connectivity index (χ0) is 31.3. The highest BCUT2D eigenvalue weighted by atomic mass is 16.5. The third-order valence-electron chi connectivity index (χ3n) is 9.27. The number of rotatable bonds is 11. The number of amides is 1. The van der Waals surface area contributed by atoms with E-state index in [9.17, 15) is 9.59 Å². The molecule has 4 rings (SSSR count). The van der Waals surface area contributed by atoms with E-state index >= 15 is 0 Å². The fourth-order valence-corrected chi connectivity index (χ4v) is 6.45. The fourth-order valence-electron chi connectivity index (χ4n) is 6.45. The van der Waals surface area contributed by atoms with E-state index in [0.29, 0.717) is 13.0 Å². The number of hydrogen-bond acceptors (Lipinski definition) is 5. The quantitative estimate of drug-likeness (QED) is 0.224.